The van der Waals surface area contributed by atoms with Gasteiger partial charge in [-0.1, -0.05) is 15.9 Å². The topological polar surface area (TPSA) is 99.9 Å². The van der Waals surface area contributed by atoms with Gasteiger partial charge in [0, 0.05) is 28.2 Å². The Kier molecular flexibility index (Phi) is 3.27. The van der Waals surface area contributed by atoms with E-state index in [1.165, 1.54) is 12.1 Å². The van der Waals surface area contributed by atoms with E-state index in [2.05, 4.69) is 26.1 Å². The highest BCUT2D eigenvalue weighted by Gasteiger charge is 2.30. The number of nitrogens with zero attached hydrogens (tertiary/aromatic N) is 4. The van der Waals surface area contributed by atoms with E-state index < -0.39 is 4.92 Å². The molecule has 3 rings (SSSR count). The number of hydrogen-bond acceptors (Lipinski definition) is 5. The van der Waals surface area contributed by atoms with Gasteiger partial charge >= 0.3 is 0 Å². The van der Waals surface area contributed by atoms with Gasteiger partial charge in [-0.05, 0) is 18.9 Å². The first-order valence-electron chi connectivity index (χ1n) is 6.19. The van der Waals surface area contributed by atoms with Gasteiger partial charge in [-0.2, -0.15) is 0 Å². The van der Waals surface area contributed by atoms with Crippen LogP contribution in [0, 0.1) is 10.1 Å². The van der Waals surface area contributed by atoms with Gasteiger partial charge in [-0.15, -0.1) is 10.2 Å². The molecule has 7 nitrogen and oxygen atoms in total. The van der Waals surface area contributed by atoms with Gasteiger partial charge < -0.3 is 10.3 Å². The Hall–Kier alpha value is -1.80. The molecule has 0 radical (unpaired) electrons. The van der Waals surface area contributed by atoms with Crippen molar-refractivity contribution in [3.63, 3.8) is 0 Å². The van der Waals surface area contributed by atoms with Gasteiger partial charge in [0.15, 0.2) is 5.82 Å². The van der Waals surface area contributed by atoms with Crippen LogP contribution < -0.4 is 5.73 Å². The van der Waals surface area contributed by atoms with Crippen molar-refractivity contribution in [3.05, 3.63) is 38.6 Å². The lowest BCUT2D eigenvalue weighted by molar-refractivity contribution is -0.384. The zero-order valence-electron chi connectivity index (χ0n) is 10.5. The summed E-state index contributed by atoms with van der Waals surface area (Å²) in [6.07, 6.45) is 2.13. The number of nitro groups is 1. The van der Waals surface area contributed by atoms with Crippen LogP contribution in [0.4, 0.5) is 5.69 Å². The third kappa shape index (κ3) is 2.32. The molecule has 1 aromatic heterocycles. The second kappa shape index (κ2) is 4.95. The predicted molar refractivity (Wildman–Crippen MR) is 76.0 cm³/mol. The van der Waals surface area contributed by atoms with Gasteiger partial charge in [0.1, 0.15) is 5.82 Å². The average molecular weight is 338 g/mol. The molecule has 1 fully saturated rings. The molecule has 1 aromatic carbocycles. The summed E-state index contributed by atoms with van der Waals surface area (Å²) in [5.74, 6) is 1.35. The molecule has 8 heteroatoms. The van der Waals surface area contributed by atoms with E-state index in [0.29, 0.717) is 34.3 Å². The first kappa shape index (κ1) is 13.2. The normalized spacial score (nSPS) is 14.5. The van der Waals surface area contributed by atoms with Crippen molar-refractivity contribution in [3.8, 4) is 11.4 Å². The summed E-state index contributed by atoms with van der Waals surface area (Å²) >= 11 is 3.29. The largest absolute Gasteiger partial charge is 0.324 e. The van der Waals surface area contributed by atoms with E-state index >= 15 is 0 Å². The highest BCUT2D eigenvalue weighted by Crippen LogP contribution is 2.39. The molecule has 0 atom stereocenters. The summed E-state index contributed by atoms with van der Waals surface area (Å²) in [4.78, 5) is 10.5. The van der Waals surface area contributed by atoms with Gasteiger partial charge in [0.25, 0.3) is 5.69 Å². The van der Waals surface area contributed by atoms with Crippen LogP contribution in [0.25, 0.3) is 11.4 Å². The van der Waals surface area contributed by atoms with Gasteiger partial charge in [-0.25, -0.2) is 0 Å². The molecule has 0 bridgehead atoms. The molecular formula is C12H12BrN5O2. The molecule has 0 amide bonds. The Morgan fingerprint density at radius 3 is 2.75 bits per heavy atom. The highest BCUT2D eigenvalue weighted by atomic mass is 79.9. The van der Waals surface area contributed by atoms with Crippen molar-refractivity contribution in [2.75, 3.05) is 0 Å². The molecule has 1 aliphatic carbocycles. The van der Waals surface area contributed by atoms with Gasteiger partial charge in [0.05, 0.1) is 11.5 Å². The van der Waals surface area contributed by atoms with Crippen molar-refractivity contribution in [1.82, 2.24) is 14.8 Å². The molecular weight excluding hydrogens is 326 g/mol. The molecule has 0 unspecified atom stereocenters. The van der Waals surface area contributed by atoms with Crippen LogP contribution in [0.3, 0.4) is 0 Å². The number of hydrogen-bond donors (Lipinski definition) is 1. The molecule has 104 valence electrons. The number of benzene rings is 1. The van der Waals surface area contributed by atoms with E-state index in [9.17, 15) is 10.1 Å². The second-order valence-corrected chi connectivity index (χ2v) is 5.62. The molecule has 1 saturated carbocycles. The van der Waals surface area contributed by atoms with Crippen LogP contribution in [-0.4, -0.2) is 19.7 Å². The molecule has 0 spiro atoms. The number of halogens is 1. The fourth-order valence-corrected chi connectivity index (χ4v) is 2.67. The third-order valence-corrected chi connectivity index (χ3v) is 3.67. The number of aromatic nitrogens is 3. The monoisotopic (exact) mass is 337 g/mol. The highest BCUT2D eigenvalue weighted by molar-refractivity contribution is 9.10. The Morgan fingerprint density at radius 2 is 2.15 bits per heavy atom. The summed E-state index contributed by atoms with van der Waals surface area (Å²) in [5, 5.41) is 19.2. The van der Waals surface area contributed by atoms with Crippen molar-refractivity contribution < 1.29 is 4.92 Å². The summed E-state index contributed by atoms with van der Waals surface area (Å²) < 4.78 is 2.63. The van der Waals surface area contributed by atoms with Crippen molar-refractivity contribution in [1.29, 1.82) is 0 Å². The Balaban J connectivity index is 2.13. The summed E-state index contributed by atoms with van der Waals surface area (Å²) in [6, 6.07) is 5.13. The molecule has 2 aromatic rings. The maximum Gasteiger partial charge on any atom is 0.271 e. The fourth-order valence-electron chi connectivity index (χ4n) is 2.18. The summed E-state index contributed by atoms with van der Waals surface area (Å²) in [7, 11) is 0. The third-order valence-electron chi connectivity index (χ3n) is 3.21. The van der Waals surface area contributed by atoms with Crippen LogP contribution in [0.5, 0.6) is 0 Å². The Morgan fingerprint density at radius 1 is 1.40 bits per heavy atom. The van der Waals surface area contributed by atoms with E-state index in [0.717, 1.165) is 12.8 Å². The SMILES string of the molecule is NCc1nnc(-c2cc(Br)cc([N+](=O)[O-])c2)n1C1CC1. The van der Waals surface area contributed by atoms with Crippen molar-refractivity contribution in [2.24, 2.45) is 5.73 Å². The molecule has 2 N–H and O–H groups in total. The fraction of sp³-hybridized carbons (Fsp3) is 0.333. The minimum absolute atomic E-state index is 0.0222. The smallest absolute Gasteiger partial charge is 0.271 e. The van der Waals surface area contributed by atoms with E-state index in [1.54, 1.807) is 6.07 Å². The van der Waals surface area contributed by atoms with Crippen LogP contribution in [0.1, 0.15) is 24.7 Å². The number of non-ortho nitro benzene ring substituents is 1. The zero-order chi connectivity index (χ0) is 14.3. The summed E-state index contributed by atoms with van der Waals surface area (Å²) in [5.41, 5.74) is 6.37. The predicted octanol–water partition coefficient (Wildman–Crippen LogP) is 2.41. The van der Waals surface area contributed by atoms with Crippen molar-refractivity contribution in [2.45, 2.75) is 25.4 Å². The van der Waals surface area contributed by atoms with Crippen molar-refractivity contribution >= 4 is 21.6 Å². The Labute approximate surface area is 123 Å². The minimum atomic E-state index is -0.421. The minimum Gasteiger partial charge on any atom is -0.324 e. The van der Waals surface area contributed by atoms with E-state index in [4.69, 9.17) is 5.73 Å². The Bertz CT molecular complexity index is 680. The van der Waals surface area contributed by atoms with Crippen LogP contribution in [0.2, 0.25) is 0 Å². The van der Waals surface area contributed by atoms with Gasteiger partial charge in [0.2, 0.25) is 0 Å². The van der Waals surface area contributed by atoms with E-state index in [1.807, 2.05) is 4.57 Å². The maximum absolute atomic E-state index is 11.0. The quantitative estimate of drug-likeness (QED) is 0.682. The number of nitrogens with two attached hydrogens (primary N) is 1. The molecule has 1 aliphatic rings. The molecule has 1 heterocycles. The second-order valence-electron chi connectivity index (χ2n) is 4.70. The maximum atomic E-state index is 11.0. The van der Waals surface area contributed by atoms with Crippen LogP contribution >= 0.6 is 15.9 Å². The lowest BCUT2D eigenvalue weighted by atomic mass is 10.2. The molecule has 0 saturated heterocycles. The van der Waals surface area contributed by atoms with Crippen LogP contribution in [-0.2, 0) is 6.54 Å². The van der Waals surface area contributed by atoms with Gasteiger partial charge in [-0.3, -0.25) is 10.1 Å². The average Bonchev–Trinajstić information content (AvgIpc) is 3.16. The van der Waals surface area contributed by atoms with Crippen LogP contribution in [0.15, 0.2) is 22.7 Å². The lowest BCUT2D eigenvalue weighted by Crippen LogP contribution is -2.08. The van der Waals surface area contributed by atoms with E-state index in [-0.39, 0.29) is 5.69 Å². The zero-order valence-corrected chi connectivity index (χ0v) is 12.1. The molecule has 20 heavy (non-hydrogen) atoms. The lowest BCUT2D eigenvalue weighted by Gasteiger charge is -2.08. The summed E-state index contributed by atoms with van der Waals surface area (Å²) in [6.45, 7) is 0.305. The first-order valence-corrected chi connectivity index (χ1v) is 6.98. The number of nitro benzene ring substituents is 1. The number of rotatable bonds is 4. The standard InChI is InChI=1S/C12H12BrN5O2/c13-8-3-7(4-10(5-8)18(19)20)12-16-15-11(6-14)17(12)9-1-2-9/h3-5,9H,1-2,6,14H2. The molecule has 0 aliphatic heterocycles. The first-order chi connectivity index (χ1) is 9.60.